The third-order valence-corrected chi connectivity index (χ3v) is 4.27. The molecule has 1 fully saturated rings. The van der Waals surface area contributed by atoms with Gasteiger partial charge in [-0.1, -0.05) is 11.6 Å². The maximum absolute atomic E-state index is 13.0. The number of benzene rings is 1. The van der Waals surface area contributed by atoms with E-state index in [-0.39, 0.29) is 17.5 Å². The number of nitrogens with zero attached hydrogens (tertiary/aromatic N) is 1. The van der Waals surface area contributed by atoms with Gasteiger partial charge in [-0.05, 0) is 37.6 Å². The molecule has 1 atom stereocenters. The lowest BCUT2D eigenvalue weighted by atomic mass is 9.96. The summed E-state index contributed by atoms with van der Waals surface area (Å²) in [5.74, 6) is -0.380. The number of carbonyl (C=O) groups excluding carboxylic acids is 1. The van der Waals surface area contributed by atoms with Crippen LogP contribution in [0.5, 0.6) is 5.75 Å². The topological polar surface area (TPSA) is 64.8 Å². The maximum atomic E-state index is 13.0. The van der Waals surface area contributed by atoms with Crippen molar-refractivity contribution in [2.75, 3.05) is 33.4 Å². The zero-order chi connectivity index (χ0) is 16.2. The molecule has 0 saturated carbocycles. The third-order valence-electron chi connectivity index (χ3n) is 3.98. The summed E-state index contributed by atoms with van der Waals surface area (Å²) in [5, 5.41) is 0.222. The summed E-state index contributed by atoms with van der Waals surface area (Å²) in [7, 11) is 1.55. The van der Waals surface area contributed by atoms with E-state index in [0.717, 1.165) is 13.0 Å². The number of ether oxygens (including phenoxy) is 2. The summed E-state index contributed by atoms with van der Waals surface area (Å²) >= 11 is 5.91. The van der Waals surface area contributed by atoms with E-state index >= 15 is 0 Å². The van der Waals surface area contributed by atoms with E-state index in [1.807, 2.05) is 4.90 Å². The maximum Gasteiger partial charge on any atom is 0.240 e. The molecule has 1 aromatic carbocycles. The number of likely N-dealkylation sites (tertiary alicyclic amines) is 1. The van der Waals surface area contributed by atoms with Crippen molar-refractivity contribution in [3.63, 3.8) is 0 Å². The van der Waals surface area contributed by atoms with Crippen LogP contribution in [-0.2, 0) is 9.53 Å². The highest BCUT2D eigenvalue weighted by atomic mass is 35.5. The van der Waals surface area contributed by atoms with Gasteiger partial charge in [0.25, 0.3) is 0 Å². The van der Waals surface area contributed by atoms with Crippen LogP contribution < -0.4 is 10.5 Å². The zero-order valence-corrected chi connectivity index (χ0v) is 13.2. The van der Waals surface area contributed by atoms with Crippen molar-refractivity contribution >= 4 is 17.5 Å². The molecule has 1 aliphatic heterocycles. The molecule has 1 amide bonds. The summed E-state index contributed by atoms with van der Waals surface area (Å²) < 4.78 is 23.7. The first-order valence-corrected chi connectivity index (χ1v) is 7.49. The molecule has 0 radical (unpaired) electrons. The third kappa shape index (κ3) is 3.51. The summed E-state index contributed by atoms with van der Waals surface area (Å²) in [6, 6.07) is 3.97. The standard InChI is InChI=1S/C15H20ClFN2O3/c1-21-10-15(14(18)20)5-2-6-19(15)7-8-22-13-4-3-11(17)9-12(13)16/h3-4,9H,2,5-8,10H2,1H3,(H2,18,20). The molecular formula is C15H20ClFN2O3. The summed E-state index contributed by atoms with van der Waals surface area (Å²) in [5.41, 5.74) is 4.80. The monoisotopic (exact) mass is 330 g/mol. The molecule has 1 unspecified atom stereocenters. The van der Waals surface area contributed by atoms with Gasteiger partial charge < -0.3 is 15.2 Å². The Morgan fingerprint density at radius 3 is 2.95 bits per heavy atom. The van der Waals surface area contributed by atoms with Crippen molar-refractivity contribution in [2.45, 2.75) is 18.4 Å². The van der Waals surface area contributed by atoms with Crippen LogP contribution in [0.3, 0.4) is 0 Å². The van der Waals surface area contributed by atoms with Crippen LogP contribution in [0, 0.1) is 5.82 Å². The van der Waals surface area contributed by atoms with Gasteiger partial charge in [-0.25, -0.2) is 4.39 Å². The quantitative estimate of drug-likeness (QED) is 0.828. The highest BCUT2D eigenvalue weighted by molar-refractivity contribution is 6.32. The molecule has 1 aliphatic rings. The molecule has 1 saturated heterocycles. The number of primary amides is 1. The molecule has 1 aromatic rings. The van der Waals surface area contributed by atoms with Crippen molar-refractivity contribution in [3.8, 4) is 5.75 Å². The average molecular weight is 331 g/mol. The second kappa shape index (κ2) is 7.26. The van der Waals surface area contributed by atoms with Crippen LogP contribution in [0.1, 0.15) is 12.8 Å². The number of methoxy groups -OCH3 is 1. The number of amides is 1. The first-order valence-electron chi connectivity index (χ1n) is 7.11. The molecule has 5 nitrogen and oxygen atoms in total. The summed E-state index contributed by atoms with van der Waals surface area (Å²) in [6.45, 7) is 1.86. The number of hydrogen-bond acceptors (Lipinski definition) is 4. The van der Waals surface area contributed by atoms with Gasteiger partial charge in [-0.3, -0.25) is 9.69 Å². The number of rotatable bonds is 7. The van der Waals surface area contributed by atoms with E-state index < -0.39 is 11.4 Å². The largest absolute Gasteiger partial charge is 0.491 e. The molecule has 122 valence electrons. The van der Waals surface area contributed by atoms with Gasteiger partial charge in [-0.2, -0.15) is 0 Å². The van der Waals surface area contributed by atoms with E-state index in [1.165, 1.54) is 18.2 Å². The number of carbonyl (C=O) groups is 1. The smallest absolute Gasteiger partial charge is 0.240 e. The highest BCUT2D eigenvalue weighted by Gasteiger charge is 2.46. The molecule has 2 N–H and O–H groups in total. The van der Waals surface area contributed by atoms with E-state index in [0.29, 0.717) is 25.3 Å². The minimum Gasteiger partial charge on any atom is -0.491 e. The Bertz CT molecular complexity index is 544. The van der Waals surface area contributed by atoms with Gasteiger partial charge >= 0.3 is 0 Å². The van der Waals surface area contributed by atoms with Crippen molar-refractivity contribution in [1.29, 1.82) is 0 Å². The molecule has 0 aromatic heterocycles. The first kappa shape index (κ1) is 17.0. The van der Waals surface area contributed by atoms with Gasteiger partial charge in [0, 0.05) is 13.7 Å². The fourth-order valence-electron chi connectivity index (χ4n) is 2.87. The van der Waals surface area contributed by atoms with Gasteiger partial charge in [0.05, 0.1) is 11.6 Å². The second-order valence-electron chi connectivity index (χ2n) is 5.34. The lowest BCUT2D eigenvalue weighted by molar-refractivity contribution is -0.132. The Balaban J connectivity index is 1.96. The van der Waals surface area contributed by atoms with E-state index in [4.69, 9.17) is 26.8 Å². The molecule has 7 heteroatoms. The fraction of sp³-hybridized carbons (Fsp3) is 0.533. The molecule has 22 heavy (non-hydrogen) atoms. The molecule has 2 rings (SSSR count). The predicted molar refractivity (Wildman–Crippen MR) is 81.5 cm³/mol. The van der Waals surface area contributed by atoms with Crippen LogP contribution in [0.4, 0.5) is 4.39 Å². The zero-order valence-electron chi connectivity index (χ0n) is 12.5. The van der Waals surface area contributed by atoms with E-state index in [9.17, 15) is 9.18 Å². The van der Waals surface area contributed by atoms with Crippen LogP contribution in [0.15, 0.2) is 18.2 Å². The number of halogens is 2. The lowest BCUT2D eigenvalue weighted by Gasteiger charge is -2.35. The number of nitrogens with two attached hydrogens (primary N) is 1. The van der Waals surface area contributed by atoms with Crippen molar-refractivity contribution in [3.05, 3.63) is 29.0 Å². The Morgan fingerprint density at radius 1 is 1.55 bits per heavy atom. The Kier molecular flexibility index (Phi) is 5.61. The first-order chi connectivity index (χ1) is 10.5. The van der Waals surface area contributed by atoms with Crippen LogP contribution >= 0.6 is 11.6 Å². The highest BCUT2D eigenvalue weighted by Crippen LogP contribution is 2.30. The van der Waals surface area contributed by atoms with Crippen LogP contribution in [0.2, 0.25) is 5.02 Å². The predicted octanol–water partition coefficient (Wildman–Crippen LogP) is 1.82. The molecule has 0 aliphatic carbocycles. The van der Waals surface area contributed by atoms with Gasteiger partial charge in [-0.15, -0.1) is 0 Å². The second-order valence-corrected chi connectivity index (χ2v) is 5.75. The summed E-state index contributed by atoms with van der Waals surface area (Å²) in [6.07, 6.45) is 1.55. The van der Waals surface area contributed by atoms with Crippen LogP contribution in [-0.4, -0.2) is 49.8 Å². The minimum absolute atomic E-state index is 0.222. The average Bonchev–Trinajstić information content (AvgIpc) is 2.86. The minimum atomic E-state index is -0.773. The van der Waals surface area contributed by atoms with E-state index in [2.05, 4.69) is 0 Å². The molecule has 0 spiro atoms. The fourth-order valence-corrected chi connectivity index (χ4v) is 3.09. The van der Waals surface area contributed by atoms with E-state index in [1.54, 1.807) is 7.11 Å². The van der Waals surface area contributed by atoms with Crippen molar-refractivity contribution in [2.24, 2.45) is 5.73 Å². The Morgan fingerprint density at radius 2 is 2.32 bits per heavy atom. The summed E-state index contributed by atoms with van der Waals surface area (Å²) in [4.78, 5) is 13.8. The lowest BCUT2D eigenvalue weighted by Crippen LogP contribution is -2.57. The molecule has 1 heterocycles. The van der Waals surface area contributed by atoms with Crippen molar-refractivity contribution < 1.29 is 18.7 Å². The molecule has 0 bridgehead atoms. The van der Waals surface area contributed by atoms with Crippen molar-refractivity contribution in [1.82, 2.24) is 4.90 Å². The normalized spacial score (nSPS) is 22.0. The molecular weight excluding hydrogens is 311 g/mol. The Labute approximate surface area is 134 Å². The Hall–Kier alpha value is -1.37. The van der Waals surface area contributed by atoms with Gasteiger partial charge in [0.2, 0.25) is 5.91 Å². The van der Waals surface area contributed by atoms with Gasteiger partial charge in [0.1, 0.15) is 23.7 Å². The van der Waals surface area contributed by atoms with Crippen LogP contribution in [0.25, 0.3) is 0 Å². The van der Waals surface area contributed by atoms with Gasteiger partial charge in [0.15, 0.2) is 0 Å². The number of hydrogen-bond donors (Lipinski definition) is 1. The SMILES string of the molecule is COCC1(C(N)=O)CCCN1CCOc1ccc(F)cc1Cl.